The minimum absolute atomic E-state index is 0.0226. The Hall–Kier alpha value is -5.08. The number of anilines is 3. The number of hydrogen-bond donors (Lipinski definition) is 0. The van der Waals surface area contributed by atoms with Crippen LogP contribution in [0.5, 0.6) is 0 Å². The fourth-order valence-corrected chi connectivity index (χ4v) is 10.6. The van der Waals surface area contributed by atoms with Crippen LogP contribution in [0.3, 0.4) is 0 Å². The van der Waals surface area contributed by atoms with Crippen LogP contribution in [0.25, 0.3) is 33.1 Å². The van der Waals surface area contributed by atoms with Crippen LogP contribution in [0.4, 0.5) is 17.1 Å². The van der Waals surface area contributed by atoms with Crippen molar-refractivity contribution in [2.45, 2.75) is 76.0 Å². The lowest BCUT2D eigenvalue weighted by Crippen LogP contribution is -2.26. The van der Waals surface area contributed by atoms with E-state index in [2.05, 4.69) is 168 Å². The van der Waals surface area contributed by atoms with E-state index in [1.165, 1.54) is 50.2 Å². The summed E-state index contributed by atoms with van der Waals surface area (Å²) in [4.78, 5) is 2.46. The largest absolute Gasteiger partial charge is 0.456 e. The Balaban J connectivity index is 1.18. The average molecular weight is 650 g/mol. The second-order valence-corrected chi connectivity index (χ2v) is 17.0. The summed E-state index contributed by atoms with van der Waals surface area (Å²) in [5.41, 5.74) is 16.8. The number of benzene rings is 6. The molecule has 1 atom stereocenters. The van der Waals surface area contributed by atoms with Gasteiger partial charge in [-0.15, -0.1) is 0 Å². The highest BCUT2D eigenvalue weighted by atomic mass is 16.3. The zero-order valence-corrected chi connectivity index (χ0v) is 29.9. The highest BCUT2D eigenvalue weighted by Crippen LogP contribution is 2.63. The maximum Gasteiger partial charge on any atom is 0.137 e. The maximum atomic E-state index is 6.46. The summed E-state index contributed by atoms with van der Waals surface area (Å²) in [5.74, 6) is 0. The first-order chi connectivity index (χ1) is 24.0. The Morgan fingerprint density at radius 3 is 1.78 bits per heavy atom. The molecule has 1 heterocycles. The fraction of sp³-hybridized carbons (Fsp3) is 0.250. The summed E-state index contributed by atoms with van der Waals surface area (Å²) < 4.78 is 6.46. The molecule has 0 bridgehead atoms. The van der Waals surface area contributed by atoms with Crippen LogP contribution in [-0.4, -0.2) is 0 Å². The predicted molar refractivity (Wildman–Crippen MR) is 208 cm³/mol. The molecule has 0 saturated heterocycles. The first-order valence-electron chi connectivity index (χ1n) is 18.2. The van der Waals surface area contributed by atoms with Crippen LogP contribution in [-0.2, 0) is 21.7 Å². The molecule has 3 aliphatic carbocycles. The van der Waals surface area contributed by atoms with E-state index < -0.39 is 0 Å². The van der Waals surface area contributed by atoms with Crippen LogP contribution in [0, 0.1) is 0 Å². The molecule has 10 rings (SSSR count). The number of nitrogens with zero attached hydrogens (tertiary/aromatic N) is 1. The summed E-state index contributed by atoms with van der Waals surface area (Å²) >= 11 is 0. The van der Waals surface area contributed by atoms with Crippen molar-refractivity contribution >= 4 is 39.0 Å². The molecule has 1 spiro atoms. The van der Waals surface area contributed by atoms with E-state index in [1.807, 2.05) is 6.07 Å². The third-order valence-corrected chi connectivity index (χ3v) is 12.6. The summed E-state index contributed by atoms with van der Waals surface area (Å²) in [6.45, 7) is 14.5. The van der Waals surface area contributed by atoms with Crippen LogP contribution in [0.2, 0.25) is 0 Å². The van der Waals surface area contributed by atoms with Gasteiger partial charge in [0, 0.05) is 44.7 Å². The van der Waals surface area contributed by atoms with Gasteiger partial charge in [-0.05, 0) is 111 Å². The van der Waals surface area contributed by atoms with E-state index in [0.717, 1.165) is 46.2 Å². The Morgan fingerprint density at radius 1 is 0.440 bits per heavy atom. The smallest absolute Gasteiger partial charge is 0.137 e. The second-order valence-electron chi connectivity index (χ2n) is 17.0. The predicted octanol–water partition coefficient (Wildman–Crippen LogP) is 13.0. The van der Waals surface area contributed by atoms with E-state index in [1.54, 1.807) is 0 Å². The number of rotatable bonds is 3. The van der Waals surface area contributed by atoms with Gasteiger partial charge in [0.05, 0.1) is 0 Å². The fourth-order valence-electron chi connectivity index (χ4n) is 10.6. The normalized spacial score (nSPS) is 20.2. The van der Waals surface area contributed by atoms with Crippen LogP contribution < -0.4 is 4.90 Å². The first-order valence-corrected chi connectivity index (χ1v) is 18.2. The van der Waals surface area contributed by atoms with Crippen molar-refractivity contribution in [2.24, 2.45) is 0 Å². The Bertz CT molecular complexity index is 2540. The van der Waals surface area contributed by atoms with Crippen molar-refractivity contribution in [1.82, 2.24) is 0 Å². The molecule has 7 aromatic rings. The Labute approximate surface area is 295 Å². The van der Waals surface area contributed by atoms with Gasteiger partial charge in [-0.3, -0.25) is 0 Å². The molecule has 0 radical (unpaired) electrons. The molecule has 2 heteroatoms. The number of furan rings is 1. The molecule has 0 amide bonds. The molecule has 1 aromatic heterocycles. The van der Waals surface area contributed by atoms with Gasteiger partial charge in [0.15, 0.2) is 0 Å². The van der Waals surface area contributed by atoms with Gasteiger partial charge in [-0.25, -0.2) is 0 Å². The molecule has 6 aromatic carbocycles. The summed E-state index contributed by atoms with van der Waals surface area (Å²) in [6, 6.07) is 47.7. The number of hydrogen-bond acceptors (Lipinski definition) is 2. The van der Waals surface area contributed by atoms with Gasteiger partial charge in [0.2, 0.25) is 0 Å². The van der Waals surface area contributed by atoms with Crippen molar-refractivity contribution in [3.63, 3.8) is 0 Å². The third kappa shape index (κ3) is 3.91. The number of para-hydroxylation sites is 1. The van der Waals surface area contributed by atoms with Crippen molar-refractivity contribution < 1.29 is 4.42 Å². The van der Waals surface area contributed by atoms with Gasteiger partial charge in [-0.2, -0.15) is 0 Å². The van der Waals surface area contributed by atoms with Crippen molar-refractivity contribution in [2.75, 3.05) is 4.90 Å². The monoisotopic (exact) mass is 649 g/mol. The SMILES string of the molecule is CC1(C)CC2(CC(C)(C)c3cc(N(c4ccc5c(c4)C(C)(C)c4ccccc4-5)c4ccc5c(c4)oc4ccccc45)ccc32)c2ccccc21. The van der Waals surface area contributed by atoms with E-state index in [0.29, 0.717) is 0 Å². The lowest BCUT2D eigenvalue weighted by molar-refractivity contribution is 0.349. The molecule has 0 aliphatic heterocycles. The minimum atomic E-state index is -0.0920. The summed E-state index contributed by atoms with van der Waals surface area (Å²) in [6.07, 6.45) is 2.26. The number of fused-ring (bicyclic) bond motifs is 10. The van der Waals surface area contributed by atoms with Gasteiger partial charge < -0.3 is 9.32 Å². The lowest BCUT2D eigenvalue weighted by atomic mass is 9.72. The molecule has 3 aliphatic rings. The first kappa shape index (κ1) is 29.8. The second kappa shape index (κ2) is 9.79. The van der Waals surface area contributed by atoms with E-state index in [4.69, 9.17) is 4.42 Å². The van der Waals surface area contributed by atoms with Gasteiger partial charge >= 0.3 is 0 Å². The zero-order valence-electron chi connectivity index (χ0n) is 29.9. The molecule has 246 valence electrons. The lowest BCUT2D eigenvalue weighted by Gasteiger charge is -2.31. The third-order valence-electron chi connectivity index (χ3n) is 12.6. The van der Waals surface area contributed by atoms with Crippen LogP contribution in [0.15, 0.2) is 132 Å². The van der Waals surface area contributed by atoms with Crippen LogP contribution >= 0.6 is 0 Å². The Morgan fingerprint density at radius 2 is 0.980 bits per heavy atom. The van der Waals surface area contributed by atoms with E-state index >= 15 is 0 Å². The summed E-state index contributed by atoms with van der Waals surface area (Å²) in [5, 5.41) is 2.30. The molecule has 2 nitrogen and oxygen atoms in total. The summed E-state index contributed by atoms with van der Waals surface area (Å²) in [7, 11) is 0. The molecule has 0 N–H and O–H groups in total. The highest BCUT2D eigenvalue weighted by Gasteiger charge is 2.56. The van der Waals surface area contributed by atoms with Crippen molar-refractivity contribution in [3.8, 4) is 11.1 Å². The highest BCUT2D eigenvalue weighted by molar-refractivity contribution is 6.06. The van der Waals surface area contributed by atoms with Gasteiger partial charge in [0.1, 0.15) is 11.2 Å². The molecule has 50 heavy (non-hydrogen) atoms. The maximum absolute atomic E-state index is 6.46. The van der Waals surface area contributed by atoms with Crippen molar-refractivity contribution in [3.05, 3.63) is 161 Å². The van der Waals surface area contributed by atoms with E-state index in [9.17, 15) is 0 Å². The van der Waals surface area contributed by atoms with Crippen LogP contribution in [0.1, 0.15) is 87.8 Å². The van der Waals surface area contributed by atoms with Crippen molar-refractivity contribution in [1.29, 1.82) is 0 Å². The average Bonchev–Trinajstić information content (AvgIpc) is 3.74. The van der Waals surface area contributed by atoms with Gasteiger partial charge in [0.25, 0.3) is 0 Å². The molecular formula is C48H43NO. The molecule has 1 unspecified atom stereocenters. The zero-order chi connectivity index (χ0) is 34.2. The van der Waals surface area contributed by atoms with E-state index in [-0.39, 0.29) is 21.7 Å². The quantitative estimate of drug-likeness (QED) is 0.189. The molecular weight excluding hydrogens is 607 g/mol. The molecule has 0 saturated carbocycles. The minimum Gasteiger partial charge on any atom is -0.456 e. The van der Waals surface area contributed by atoms with Gasteiger partial charge in [-0.1, -0.05) is 120 Å². The topological polar surface area (TPSA) is 16.4 Å². The standard InChI is InChI=1S/C48H43NO/c1-45(2)28-48(39-17-11-10-16-38(39)45)29-46(3,4)42-26-31(21-24-40(42)48)49(32-20-23-36-35-14-8-12-18-43(35)50-44(36)27-32)30-19-22-34-33-13-7-9-15-37(33)47(5,6)41(34)25-30/h7-27H,28-29H2,1-6H3. The Kier molecular flexibility index (Phi) is 5.83. The molecule has 0 fully saturated rings.